The van der Waals surface area contributed by atoms with Gasteiger partial charge in [-0.2, -0.15) is 0 Å². The van der Waals surface area contributed by atoms with Crippen molar-refractivity contribution >= 4 is 11.5 Å². The van der Waals surface area contributed by atoms with E-state index in [-0.39, 0.29) is 0 Å². The molecule has 20 heavy (non-hydrogen) atoms. The van der Waals surface area contributed by atoms with Gasteiger partial charge in [-0.3, -0.25) is 4.98 Å². The number of allylic oxidation sites excluding steroid dienone is 1. The van der Waals surface area contributed by atoms with E-state index in [4.69, 9.17) is 5.11 Å². The number of aliphatic carboxylic acids is 1. The molecule has 3 heteroatoms. The number of rotatable bonds is 2. The highest BCUT2D eigenvalue weighted by Crippen LogP contribution is 2.33. The zero-order valence-electron chi connectivity index (χ0n) is 11.0. The lowest BCUT2D eigenvalue weighted by Crippen LogP contribution is -2.04. The molecule has 0 unspecified atom stereocenters. The summed E-state index contributed by atoms with van der Waals surface area (Å²) in [6.07, 6.45) is 5.94. The molecule has 1 aromatic heterocycles. The van der Waals surface area contributed by atoms with Crippen LogP contribution in [0, 0.1) is 0 Å². The molecule has 100 valence electrons. The molecular formula is C17H15NO2. The molecule has 2 aromatic rings. The van der Waals surface area contributed by atoms with Gasteiger partial charge in [-0.15, -0.1) is 0 Å². The normalized spacial score (nSPS) is 15.9. The highest BCUT2D eigenvalue weighted by Gasteiger charge is 2.16. The third-order valence-electron chi connectivity index (χ3n) is 3.61. The smallest absolute Gasteiger partial charge is 0.328 e. The van der Waals surface area contributed by atoms with E-state index in [1.165, 1.54) is 11.6 Å². The highest BCUT2D eigenvalue weighted by atomic mass is 16.4. The number of nitrogens with zero attached hydrogens (tertiary/aromatic N) is 1. The van der Waals surface area contributed by atoms with E-state index >= 15 is 0 Å². The van der Waals surface area contributed by atoms with Crippen LogP contribution >= 0.6 is 0 Å². The Bertz CT molecular complexity index is 675. The summed E-state index contributed by atoms with van der Waals surface area (Å²) in [6.45, 7) is 0. The largest absolute Gasteiger partial charge is 0.478 e. The van der Waals surface area contributed by atoms with E-state index in [1.807, 2.05) is 18.2 Å². The SMILES string of the molecule is O=C(O)/C=C1\CCCc2ccc(-c3ccccn3)cc21. The predicted molar refractivity (Wildman–Crippen MR) is 78.2 cm³/mol. The Morgan fingerprint density at radius 3 is 2.85 bits per heavy atom. The lowest BCUT2D eigenvalue weighted by atomic mass is 9.85. The number of benzene rings is 1. The molecule has 0 radical (unpaired) electrons. The summed E-state index contributed by atoms with van der Waals surface area (Å²) in [6, 6.07) is 12.0. The Hall–Kier alpha value is -2.42. The van der Waals surface area contributed by atoms with Crippen molar-refractivity contribution in [3.8, 4) is 11.3 Å². The van der Waals surface area contributed by atoms with Gasteiger partial charge in [0.25, 0.3) is 0 Å². The molecule has 0 spiro atoms. The van der Waals surface area contributed by atoms with Gasteiger partial charge in [-0.25, -0.2) is 4.79 Å². The molecule has 0 fully saturated rings. The molecule has 3 rings (SSSR count). The number of carboxylic acids is 1. The van der Waals surface area contributed by atoms with Crippen LogP contribution in [0.1, 0.15) is 24.0 Å². The fourth-order valence-corrected chi connectivity index (χ4v) is 2.69. The minimum absolute atomic E-state index is 0.824. The van der Waals surface area contributed by atoms with Crippen molar-refractivity contribution in [2.75, 3.05) is 0 Å². The molecule has 1 aliphatic carbocycles. The van der Waals surface area contributed by atoms with E-state index in [9.17, 15) is 4.79 Å². The fraction of sp³-hybridized carbons (Fsp3) is 0.176. The number of carbonyl (C=O) groups is 1. The van der Waals surface area contributed by atoms with Crippen molar-refractivity contribution in [2.24, 2.45) is 0 Å². The zero-order valence-corrected chi connectivity index (χ0v) is 11.0. The van der Waals surface area contributed by atoms with Crippen LogP contribution in [-0.4, -0.2) is 16.1 Å². The summed E-state index contributed by atoms with van der Waals surface area (Å²) in [7, 11) is 0. The fourth-order valence-electron chi connectivity index (χ4n) is 2.69. The summed E-state index contributed by atoms with van der Waals surface area (Å²) in [4.78, 5) is 15.3. The van der Waals surface area contributed by atoms with E-state index < -0.39 is 5.97 Å². The molecule has 1 aliphatic rings. The van der Waals surface area contributed by atoms with Crippen LogP contribution in [0.25, 0.3) is 16.8 Å². The van der Waals surface area contributed by atoms with Gasteiger partial charge in [0.05, 0.1) is 5.69 Å². The van der Waals surface area contributed by atoms with E-state index in [2.05, 4.69) is 23.2 Å². The molecule has 1 N–H and O–H groups in total. The maximum Gasteiger partial charge on any atom is 0.328 e. The zero-order chi connectivity index (χ0) is 13.9. The van der Waals surface area contributed by atoms with Crippen LogP contribution < -0.4 is 0 Å². The van der Waals surface area contributed by atoms with Gasteiger partial charge >= 0.3 is 5.97 Å². The standard InChI is InChI=1S/C17H15NO2/c19-17(20)11-13-5-3-4-12-7-8-14(10-15(12)13)16-6-1-2-9-18-16/h1-2,6-11H,3-5H2,(H,19,20)/b13-11+. The Labute approximate surface area is 117 Å². The average molecular weight is 265 g/mol. The topological polar surface area (TPSA) is 50.2 Å². The van der Waals surface area contributed by atoms with Crippen molar-refractivity contribution in [3.05, 3.63) is 59.8 Å². The van der Waals surface area contributed by atoms with Gasteiger partial charge in [-0.1, -0.05) is 18.2 Å². The average Bonchev–Trinajstić information content (AvgIpc) is 2.47. The Morgan fingerprint density at radius 1 is 1.20 bits per heavy atom. The highest BCUT2D eigenvalue weighted by molar-refractivity contribution is 5.91. The molecule has 0 bridgehead atoms. The van der Waals surface area contributed by atoms with Crippen molar-refractivity contribution in [3.63, 3.8) is 0 Å². The summed E-state index contributed by atoms with van der Waals surface area (Å²) < 4.78 is 0. The van der Waals surface area contributed by atoms with Crippen LogP contribution in [0.3, 0.4) is 0 Å². The molecule has 1 aromatic carbocycles. The molecular weight excluding hydrogens is 250 g/mol. The Kier molecular flexibility index (Phi) is 3.33. The second-order valence-electron chi connectivity index (χ2n) is 4.95. The van der Waals surface area contributed by atoms with Crippen LogP contribution in [0.5, 0.6) is 0 Å². The van der Waals surface area contributed by atoms with Gasteiger partial charge in [0, 0.05) is 17.8 Å². The molecule has 0 amide bonds. The number of carboxylic acid groups (broad SMARTS) is 1. The van der Waals surface area contributed by atoms with Crippen LogP contribution in [0.4, 0.5) is 0 Å². The van der Waals surface area contributed by atoms with Crippen molar-refractivity contribution < 1.29 is 9.90 Å². The van der Waals surface area contributed by atoms with E-state index in [0.29, 0.717) is 0 Å². The molecule has 1 heterocycles. The first-order valence-corrected chi connectivity index (χ1v) is 6.72. The van der Waals surface area contributed by atoms with E-state index in [0.717, 1.165) is 41.7 Å². The van der Waals surface area contributed by atoms with Gasteiger partial charge in [0.15, 0.2) is 0 Å². The second kappa shape index (κ2) is 5.29. The van der Waals surface area contributed by atoms with Crippen LogP contribution in [0.2, 0.25) is 0 Å². The number of hydrogen-bond acceptors (Lipinski definition) is 2. The van der Waals surface area contributed by atoms with E-state index in [1.54, 1.807) is 6.20 Å². The van der Waals surface area contributed by atoms with Crippen molar-refractivity contribution in [2.45, 2.75) is 19.3 Å². The molecule has 0 saturated heterocycles. The number of fused-ring (bicyclic) bond motifs is 1. The predicted octanol–water partition coefficient (Wildman–Crippen LogP) is 3.55. The third kappa shape index (κ3) is 2.48. The minimum atomic E-state index is -0.879. The number of aryl methyl sites for hydroxylation is 1. The minimum Gasteiger partial charge on any atom is -0.478 e. The molecule has 3 nitrogen and oxygen atoms in total. The monoisotopic (exact) mass is 265 g/mol. The lowest BCUT2D eigenvalue weighted by molar-refractivity contribution is -0.131. The van der Waals surface area contributed by atoms with Gasteiger partial charge < -0.3 is 5.11 Å². The number of pyridine rings is 1. The molecule has 0 aliphatic heterocycles. The van der Waals surface area contributed by atoms with Crippen LogP contribution in [0.15, 0.2) is 48.7 Å². The van der Waals surface area contributed by atoms with Gasteiger partial charge in [0.2, 0.25) is 0 Å². The van der Waals surface area contributed by atoms with Crippen molar-refractivity contribution in [1.82, 2.24) is 4.98 Å². The Morgan fingerprint density at radius 2 is 2.10 bits per heavy atom. The quantitative estimate of drug-likeness (QED) is 0.845. The summed E-state index contributed by atoms with van der Waals surface area (Å²) in [5.74, 6) is -0.879. The van der Waals surface area contributed by atoms with Crippen LogP contribution in [-0.2, 0) is 11.2 Å². The molecule has 0 saturated carbocycles. The first kappa shape index (κ1) is 12.6. The summed E-state index contributed by atoms with van der Waals surface area (Å²) >= 11 is 0. The summed E-state index contributed by atoms with van der Waals surface area (Å²) in [5.41, 5.74) is 5.14. The number of aromatic nitrogens is 1. The maximum atomic E-state index is 10.9. The van der Waals surface area contributed by atoms with Gasteiger partial charge in [0.1, 0.15) is 0 Å². The number of hydrogen-bond donors (Lipinski definition) is 1. The molecule has 0 atom stereocenters. The van der Waals surface area contributed by atoms with Gasteiger partial charge in [-0.05, 0) is 54.2 Å². The first-order valence-electron chi connectivity index (χ1n) is 6.72. The third-order valence-corrected chi connectivity index (χ3v) is 3.61. The Balaban J connectivity index is 2.09. The second-order valence-corrected chi connectivity index (χ2v) is 4.95. The first-order chi connectivity index (χ1) is 9.74. The maximum absolute atomic E-state index is 10.9. The summed E-state index contributed by atoms with van der Waals surface area (Å²) in [5, 5.41) is 8.99. The lowest BCUT2D eigenvalue weighted by Gasteiger charge is -2.19. The van der Waals surface area contributed by atoms with Crippen molar-refractivity contribution in [1.29, 1.82) is 0 Å².